The minimum absolute atomic E-state index is 0.0584. The molecule has 1 N–H and O–H groups in total. The van der Waals surface area contributed by atoms with Gasteiger partial charge in [0.1, 0.15) is 11.4 Å². The number of amides is 1. The largest absolute Gasteiger partial charge is 0.495 e. The Balaban J connectivity index is 2.07. The molecule has 2 rings (SSSR count). The third kappa shape index (κ3) is 4.19. The van der Waals surface area contributed by atoms with Crippen molar-refractivity contribution in [1.29, 1.82) is 0 Å². The second-order valence-corrected chi connectivity index (χ2v) is 5.07. The molecule has 8 nitrogen and oxygen atoms in total. The molecule has 0 bridgehead atoms. The molecule has 0 saturated heterocycles. The molecule has 1 aromatic heterocycles. The number of benzene rings is 1. The minimum atomic E-state index is -0.649. The number of nitrogens with one attached hydrogen (secondary N) is 1. The molecule has 1 heterocycles. The van der Waals surface area contributed by atoms with Crippen molar-refractivity contribution >= 4 is 17.4 Å². The van der Waals surface area contributed by atoms with Crippen molar-refractivity contribution in [3.8, 4) is 11.5 Å². The van der Waals surface area contributed by atoms with Crippen LogP contribution in [0, 0.1) is 24.0 Å². The lowest BCUT2D eigenvalue weighted by atomic mass is 10.2. The minimum Gasteiger partial charge on any atom is -0.495 e. The molecule has 0 aliphatic carbocycles. The summed E-state index contributed by atoms with van der Waals surface area (Å²) in [5, 5.41) is 13.6. The van der Waals surface area contributed by atoms with Crippen molar-refractivity contribution in [1.82, 2.24) is 4.98 Å². The van der Waals surface area contributed by atoms with Crippen LogP contribution in [0.4, 0.5) is 11.5 Å². The normalized spacial score (nSPS) is 10.1. The molecular weight excluding hydrogens is 314 g/mol. The highest BCUT2D eigenvalue weighted by atomic mass is 16.6. The van der Waals surface area contributed by atoms with Gasteiger partial charge >= 0.3 is 5.82 Å². The van der Waals surface area contributed by atoms with Crippen molar-refractivity contribution < 1.29 is 19.2 Å². The number of methoxy groups -OCH3 is 1. The van der Waals surface area contributed by atoms with E-state index in [1.54, 1.807) is 25.1 Å². The van der Waals surface area contributed by atoms with Crippen molar-refractivity contribution in [2.45, 2.75) is 13.8 Å². The number of anilines is 1. The lowest BCUT2D eigenvalue weighted by molar-refractivity contribution is -0.390. The third-order valence-electron chi connectivity index (χ3n) is 3.14. The van der Waals surface area contributed by atoms with Gasteiger partial charge in [-0.15, -0.1) is 0 Å². The van der Waals surface area contributed by atoms with Crippen LogP contribution in [0.15, 0.2) is 30.3 Å². The van der Waals surface area contributed by atoms with E-state index in [2.05, 4.69) is 10.3 Å². The number of rotatable bonds is 6. The van der Waals surface area contributed by atoms with Gasteiger partial charge in [0.25, 0.3) is 5.91 Å². The number of carbonyl (C=O) groups is 1. The van der Waals surface area contributed by atoms with Crippen molar-refractivity contribution in [3.63, 3.8) is 0 Å². The van der Waals surface area contributed by atoms with E-state index >= 15 is 0 Å². The highest BCUT2D eigenvalue weighted by Crippen LogP contribution is 2.26. The van der Waals surface area contributed by atoms with Crippen LogP contribution in [0.2, 0.25) is 0 Å². The van der Waals surface area contributed by atoms with Gasteiger partial charge in [-0.25, -0.2) is 0 Å². The number of ether oxygens (including phenoxy) is 2. The van der Waals surface area contributed by atoms with E-state index in [1.807, 2.05) is 13.0 Å². The van der Waals surface area contributed by atoms with Crippen LogP contribution in [0.1, 0.15) is 11.3 Å². The average Bonchev–Trinajstić information content (AvgIpc) is 2.53. The SMILES string of the molecule is COc1ccc(C)cc1NC(=O)COc1ccc(C)nc1[N+](=O)[O-]. The molecule has 24 heavy (non-hydrogen) atoms. The van der Waals surface area contributed by atoms with Crippen molar-refractivity contribution in [3.05, 3.63) is 51.7 Å². The topological polar surface area (TPSA) is 104 Å². The molecule has 0 atom stereocenters. The number of hydrogen-bond acceptors (Lipinski definition) is 6. The Kier molecular flexibility index (Phi) is 5.31. The lowest BCUT2D eigenvalue weighted by Crippen LogP contribution is -2.21. The molecular formula is C16H17N3O5. The number of nitrogens with zero attached hydrogens (tertiary/aromatic N) is 2. The molecule has 8 heteroatoms. The third-order valence-corrected chi connectivity index (χ3v) is 3.14. The van der Waals surface area contributed by atoms with E-state index in [1.165, 1.54) is 13.2 Å². The Labute approximate surface area is 138 Å². The van der Waals surface area contributed by atoms with E-state index in [9.17, 15) is 14.9 Å². The van der Waals surface area contributed by atoms with Gasteiger partial charge < -0.3 is 24.9 Å². The number of hydrogen-bond donors (Lipinski definition) is 1. The summed E-state index contributed by atoms with van der Waals surface area (Å²) in [5.41, 5.74) is 1.94. The molecule has 1 amide bonds. The summed E-state index contributed by atoms with van der Waals surface area (Å²) in [6, 6.07) is 8.34. The van der Waals surface area contributed by atoms with Crippen LogP contribution in [-0.2, 0) is 4.79 Å². The fraction of sp³-hybridized carbons (Fsp3) is 0.250. The van der Waals surface area contributed by atoms with Gasteiger partial charge in [-0.1, -0.05) is 6.07 Å². The summed E-state index contributed by atoms with van der Waals surface area (Å²) < 4.78 is 10.4. The molecule has 0 aliphatic heterocycles. The van der Waals surface area contributed by atoms with Gasteiger partial charge in [0.05, 0.1) is 12.8 Å². The molecule has 2 aromatic rings. The Morgan fingerprint density at radius 1 is 1.25 bits per heavy atom. The highest BCUT2D eigenvalue weighted by molar-refractivity contribution is 5.93. The maximum atomic E-state index is 12.0. The van der Waals surface area contributed by atoms with Gasteiger partial charge in [-0.3, -0.25) is 4.79 Å². The first-order valence-corrected chi connectivity index (χ1v) is 7.10. The number of aromatic nitrogens is 1. The smallest absolute Gasteiger partial charge is 0.406 e. The Bertz CT molecular complexity index is 776. The average molecular weight is 331 g/mol. The quantitative estimate of drug-likeness (QED) is 0.644. The number of pyridine rings is 1. The second kappa shape index (κ2) is 7.40. The van der Waals surface area contributed by atoms with Gasteiger partial charge in [-0.2, -0.15) is 0 Å². The molecule has 126 valence electrons. The first-order valence-electron chi connectivity index (χ1n) is 7.10. The van der Waals surface area contributed by atoms with E-state index in [-0.39, 0.29) is 12.4 Å². The van der Waals surface area contributed by atoms with E-state index in [0.29, 0.717) is 17.1 Å². The van der Waals surface area contributed by atoms with Crippen LogP contribution >= 0.6 is 0 Å². The summed E-state index contributed by atoms with van der Waals surface area (Å²) >= 11 is 0. The summed E-state index contributed by atoms with van der Waals surface area (Å²) in [4.78, 5) is 26.2. The van der Waals surface area contributed by atoms with Crippen molar-refractivity contribution in [2.75, 3.05) is 19.0 Å². The zero-order chi connectivity index (χ0) is 17.7. The first kappa shape index (κ1) is 17.2. The van der Waals surface area contributed by atoms with Gasteiger partial charge in [0.15, 0.2) is 6.61 Å². The lowest BCUT2D eigenvalue weighted by Gasteiger charge is -2.11. The molecule has 0 saturated carbocycles. The van der Waals surface area contributed by atoms with Crippen LogP contribution < -0.4 is 14.8 Å². The fourth-order valence-electron chi connectivity index (χ4n) is 2.02. The van der Waals surface area contributed by atoms with Crippen LogP contribution in [0.5, 0.6) is 11.5 Å². The number of carbonyl (C=O) groups excluding carboxylic acids is 1. The van der Waals surface area contributed by atoms with Crippen molar-refractivity contribution in [2.24, 2.45) is 0 Å². The zero-order valence-electron chi connectivity index (χ0n) is 13.5. The summed E-state index contributed by atoms with van der Waals surface area (Å²) in [6.45, 7) is 3.13. The molecule has 0 radical (unpaired) electrons. The predicted octanol–water partition coefficient (Wildman–Crippen LogP) is 2.63. The maximum Gasteiger partial charge on any atom is 0.406 e. The molecule has 0 spiro atoms. The van der Waals surface area contributed by atoms with E-state index < -0.39 is 16.6 Å². The Morgan fingerprint density at radius 2 is 1.96 bits per heavy atom. The number of nitro groups is 1. The maximum absolute atomic E-state index is 12.0. The van der Waals surface area contributed by atoms with Crippen LogP contribution in [0.25, 0.3) is 0 Å². The monoisotopic (exact) mass is 331 g/mol. The molecule has 0 aliphatic rings. The second-order valence-electron chi connectivity index (χ2n) is 5.07. The summed E-state index contributed by atoms with van der Waals surface area (Å²) in [5.74, 6) is -0.432. The fourth-order valence-corrected chi connectivity index (χ4v) is 2.02. The molecule has 0 fully saturated rings. The van der Waals surface area contributed by atoms with E-state index in [0.717, 1.165) is 5.56 Å². The van der Waals surface area contributed by atoms with Gasteiger partial charge in [-0.05, 0) is 46.7 Å². The highest BCUT2D eigenvalue weighted by Gasteiger charge is 2.19. The molecule has 1 aromatic carbocycles. The van der Waals surface area contributed by atoms with Crippen LogP contribution in [-0.4, -0.2) is 29.5 Å². The summed E-state index contributed by atoms with van der Waals surface area (Å²) in [6.07, 6.45) is 0. The first-order chi connectivity index (χ1) is 11.4. The standard InChI is InChI=1S/C16H17N3O5/c1-10-4-6-13(23-3)12(8-10)18-15(20)9-24-14-7-5-11(2)17-16(14)19(21)22/h4-8H,9H2,1-3H3,(H,18,20). The molecule has 0 unspecified atom stereocenters. The Hall–Kier alpha value is -3.16. The zero-order valence-corrected chi connectivity index (χ0v) is 13.5. The summed E-state index contributed by atoms with van der Waals surface area (Å²) in [7, 11) is 1.50. The van der Waals surface area contributed by atoms with E-state index in [4.69, 9.17) is 9.47 Å². The van der Waals surface area contributed by atoms with Gasteiger partial charge in [0, 0.05) is 6.92 Å². The van der Waals surface area contributed by atoms with Gasteiger partial charge in [0.2, 0.25) is 5.75 Å². The number of aryl methyl sites for hydroxylation is 2. The Morgan fingerprint density at radius 3 is 2.62 bits per heavy atom. The predicted molar refractivity (Wildman–Crippen MR) is 87.5 cm³/mol. The van der Waals surface area contributed by atoms with Crippen LogP contribution in [0.3, 0.4) is 0 Å².